The van der Waals surface area contributed by atoms with E-state index in [4.69, 9.17) is 10.00 Å². The van der Waals surface area contributed by atoms with Crippen LogP contribution in [0.1, 0.15) is 25.3 Å². The van der Waals surface area contributed by atoms with Crippen molar-refractivity contribution in [2.75, 3.05) is 6.61 Å². The molecule has 0 bridgehead atoms. The summed E-state index contributed by atoms with van der Waals surface area (Å²) >= 11 is 0. The Morgan fingerprint density at radius 3 is 2.48 bits per heavy atom. The highest BCUT2D eigenvalue weighted by molar-refractivity contribution is 5.56. The normalized spacial score (nSPS) is 10.5. The molecule has 2 rings (SSSR count). The molecular weight excluding hydrogens is 262 g/mol. The average molecular weight is 279 g/mol. The van der Waals surface area contributed by atoms with Crippen LogP contribution in [0.2, 0.25) is 0 Å². The van der Waals surface area contributed by atoms with Crippen LogP contribution >= 0.6 is 0 Å². The Morgan fingerprint density at radius 2 is 1.86 bits per heavy atom. The van der Waals surface area contributed by atoms with Gasteiger partial charge in [-0.05, 0) is 30.7 Å². The number of benzene rings is 1. The number of rotatable bonds is 6. The number of hydrogen-bond acceptors (Lipinski definition) is 4. The van der Waals surface area contributed by atoms with Crippen molar-refractivity contribution in [3.63, 3.8) is 0 Å². The maximum atomic E-state index is 8.77. The third-order valence-corrected chi connectivity index (χ3v) is 2.87. The monoisotopic (exact) mass is 279 g/mol. The Kier molecular flexibility index (Phi) is 5.48. The van der Waals surface area contributed by atoms with Crippen molar-refractivity contribution in [1.82, 2.24) is 9.97 Å². The smallest absolute Gasteiger partial charge is 0.159 e. The zero-order valence-corrected chi connectivity index (χ0v) is 12.0. The van der Waals surface area contributed by atoms with Gasteiger partial charge in [0.1, 0.15) is 6.61 Å². The van der Waals surface area contributed by atoms with Gasteiger partial charge in [0.2, 0.25) is 0 Å². The zero-order valence-electron chi connectivity index (χ0n) is 12.0. The molecule has 21 heavy (non-hydrogen) atoms. The molecule has 1 aromatic carbocycles. The minimum atomic E-state index is 0.527. The van der Waals surface area contributed by atoms with Gasteiger partial charge in [0, 0.05) is 5.56 Å². The predicted octanol–water partition coefficient (Wildman–Crippen LogP) is 3.75. The lowest BCUT2D eigenvalue weighted by Gasteiger charge is -2.04. The molecule has 0 aliphatic rings. The Bertz CT molecular complexity index is 625. The Hall–Kier alpha value is -2.67. The van der Waals surface area contributed by atoms with E-state index in [1.54, 1.807) is 24.5 Å². The quantitative estimate of drug-likeness (QED) is 0.755. The molecule has 0 unspecified atom stereocenters. The van der Waals surface area contributed by atoms with Gasteiger partial charge in [-0.15, -0.1) is 0 Å². The van der Waals surface area contributed by atoms with E-state index in [9.17, 15) is 0 Å². The van der Waals surface area contributed by atoms with E-state index < -0.39 is 0 Å². The maximum Gasteiger partial charge on any atom is 0.159 e. The molecule has 0 saturated carbocycles. The summed E-state index contributed by atoms with van der Waals surface area (Å²) in [7, 11) is 0. The Labute approximate surface area is 124 Å². The van der Waals surface area contributed by atoms with Gasteiger partial charge >= 0.3 is 0 Å². The van der Waals surface area contributed by atoms with Crippen molar-refractivity contribution in [3.05, 3.63) is 54.4 Å². The molecule has 0 spiro atoms. The first-order chi connectivity index (χ1) is 10.3. The van der Waals surface area contributed by atoms with Gasteiger partial charge in [-0.2, -0.15) is 5.26 Å². The van der Waals surface area contributed by atoms with E-state index >= 15 is 0 Å². The van der Waals surface area contributed by atoms with Crippen LogP contribution in [0.5, 0.6) is 5.75 Å². The lowest BCUT2D eigenvalue weighted by molar-refractivity contribution is 0.359. The van der Waals surface area contributed by atoms with Crippen LogP contribution in [0.25, 0.3) is 11.4 Å². The minimum Gasteiger partial charge on any atom is -0.486 e. The molecule has 0 aliphatic carbocycles. The largest absolute Gasteiger partial charge is 0.486 e. The van der Waals surface area contributed by atoms with Crippen LogP contribution in [-0.2, 0) is 0 Å². The first kappa shape index (κ1) is 14.7. The van der Waals surface area contributed by atoms with Crippen molar-refractivity contribution in [2.24, 2.45) is 0 Å². The number of ether oxygens (including phenoxy) is 1. The molecule has 106 valence electrons. The van der Waals surface area contributed by atoms with E-state index in [2.05, 4.69) is 29.0 Å². The number of aromatic nitrogens is 2. The lowest BCUT2D eigenvalue weighted by atomic mass is 10.1. The van der Waals surface area contributed by atoms with Crippen LogP contribution < -0.4 is 4.74 Å². The van der Waals surface area contributed by atoms with E-state index in [0.717, 1.165) is 18.4 Å². The second-order valence-corrected chi connectivity index (χ2v) is 4.50. The fourth-order valence-corrected chi connectivity index (χ4v) is 1.73. The molecule has 1 heterocycles. The Balaban J connectivity index is 1.96. The molecule has 0 aliphatic heterocycles. The second kappa shape index (κ2) is 7.81. The summed E-state index contributed by atoms with van der Waals surface area (Å²) in [5.41, 5.74) is 1.50. The van der Waals surface area contributed by atoms with Gasteiger partial charge in [-0.1, -0.05) is 25.5 Å². The van der Waals surface area contributed by atoms with Crippen molar-refractivity contribution >= 4 is 0 Å². The summed E-state index contributed by atoms with van der Waals surface area (Å²) in [6.07, 6.45) is 9.63. The molecule has 0 atom stereocenters. The van der Waals surface area contributed by atoms with Gasteiger partial charge in [-0.3, -0.25) is 0 Å². The average Bonchev–Trinajstić information content (AvgIpc) is 2.55. The van der Waals surface area contributed by atoms with Crippen LogP contribution in [0, 0.1) is 11.3 Å². The lowest BCUT2D eigenvalue weighted by Crippen LogP contribution is -1.96. The van der Waals surface area contributed by atoms with Crippen molar-refractivity contribution in [2.45, 2.75) is 19.8 Å². The minimum absolute atomic E-state index is 0.527. The molecule has 0 amide bonds. The fraction of sp³-hybridized carbons (Fsp3) is 0.235. The molecule has 0 saturated heterocycles. The number of nitrogens with zero attached hydrogens (tertiary/aromatic N) is 3. The van der Waals surface area contributed by atoms with E-state index in [1.165, 1.54) is 0 Å². The summed E-state index contributed by atoms with van der Waals surface area (Å²) in [5.74, 6) is 1.27. The fourth-order valence-electron chi connectivity index (χ4n) is 1.73. The summed E-state index contributed by atoms with van der Waals surface area (Å²) in [5, 5.41) is 8.77. The third kappa shape index (κ3) is 4.43. The van der Waals surface area contributed by atoms with Crippen LogP contribution in [0.15, 0.2) is 48.8 Å². The molecule has 4 heteroatoms. The van der Waals surface area contributed by atoms with Crippen LogP contribution in [0.3, 0.4) is 0 Å². The highest BCUT2D eigenvalue weighted by Gasteiger charge is 2.02. The highest BCUT2D eigenvalue weighted by Crippen LogP contribution is 2.17. The molecule has 1 aromatic heterocycles. The Morgan fingerprint density at radius 1 is 1.14 bits per heavy atom. The zero-order chi connectivity index (χ0) is 14.9. The maximum absolute atomic E-state index is 8.77. The van der Waals surface area contributed by atoms with Crippen molar-refractivity contribution in [1.29, 1.82) is 5.26 Å². The van der Waals surface area contributed by atoms with Gasteiger partial charge in [0.05, 0.1) is 24.0 Å². The first-order valence-electron chi connectivity index (χ1n) is 6.94. The topological polar surface area (TPSA) is 58.8 Å². The SMILES string of the molecule is CCCC=CCOc1cnc(-c2ccc(C#N)cc2)nc1. The van der Waals surface area contributed by atoms with Crippen LogP contribution in [-0.4, -0.2) is 16.6 Å². The van der Waals surface area contributed by atoms with E-state index in [1.807, 2.05) is 18.2 Å². The number of unbranched alkanes of at least 4 members (excludes halogenated alkanes) is 1. The number of allylic oxidation sites excluding steroid dienone is 1. The van der Waals surface area contributed by atoms with Crippen molar-refractivity contribution in [3.8, 4) is 23.2 Å². The third-order valence-electron chi connectivity index (χ3n) is 2.87. The van der Waals surface area contributed by atoms with Crippen molar-refractivity contribution < 1.29 is 4.74 Å². The molecular formula is C17H17N3O. The van der Waals surface area contributed by atoms with Gasteiger partial charge in [0.25, 0.3) is 0 Å². The summed E-state index contributed by atoms with van der Waals surface area (Å²) in [6, 6.07) is 9.26. The number of nitriles is 1. The molecule has 4 nitrogen and oxygen atoms in total. The first-order valence-corrected chi connectivity index (χ1v) is 6.94. The highest BCUT2D eigenvalue weighted by atomic mass is 16.5. The molecule has 2 aromatic rings. The summed E-state index contributed by atoms with van der Waals surface area (Å²) in [6.45, 7) is 2.67. The molecule has 0 radical (unpaired) electrons. The van der Waals surface area contributed by atoms with Crippen LogP contribution in [0.4, 0.5) is 0 Å². The molecule has 0 fully saturated rings. The standard InChI is InChI=1S/C17H17N3O/c1-2-3-4-5-10-21-16-12-19-17(20-13-16)15-8-6-14(11-18)7-9-15/h4-9,12-13H,2-3,10H2,1H3. The second-order valence-electron chi connectivity index (χ2n) is 4.50. The summed E-state index contributed by atoms with van der Waals surface area (Å²) in [4.78, 5) is 8.55. The summed E-state index contributed by atoms with van der Waals surface area (Å²) < 4.78 is 5.53. The van der Waals surface area contributed by atoms with Gasteiger partial charge < -0.3 is 4.74 Å². The molecule has 0 N–H and O–H groups in total. The van der Waals surface area contributed by atoms with E-state index in [0.29, 0.717) is 23.7 Å². The number of hydrogen-bond donors (Lipinski definition) is 0. The predicted molar refractivity (Wildman–Crippen MR) is 81.7 cm³/mol. The van der Waals surface area contributed by atoms with E-state index in [-0.39, 0.29) is 0 Å². The van der Waals surface area contributed by atoms with Gasteiger partial charge in [-0.25, -0.2) is 9.97 Å². The van der Waals surface area contributed by atoms with Gasteiger partial charge in [0.15, 0.2) is 11.6 Å².